The third-order valence-corrected chi connectivity index (χ3v) is 2.83. The van der Waals surface area contributed by atoms with E-state index in [-0.39, 0.29) is 11.2 Å². The lowest BCUT2D eigenvalue weighted by molar-refractivity contribution is -0.129. The molecule has 0 aromatic carbocycles. The molecule has 1 aliphatic heterocycles. The van der Waals surface area contributed by atoms with Crippen molar-refractivity contribution in [3.8, 4) is 0 Å². The molecule has 4 heteroatoms. The minimum Gasteiger partial charge on any atom is -0.381 e. The van der Waals surface area contributed by atoms with Crippen molar-refractivity contribution in [3.05, 3.63) is 0 Å². The van der Waals surface area contributed by atoms with Crippen molar-refractivity contribution >= 4 is 18.5 Å². The second-order valence-electron chi connectivity index (χ2n) is 3.95. The van der Waals surface area contributed by atoms with Gasteiger partial charge in [-0.15, -0.1) is 0 Å². The molecule has 1 atom stereocenters. The lowest BCUT2D eigenvalue weighted by atomic mass is 10.00. The van der Waals surface area contributed by atoms with Crippen LogP contribution >= 0.6 is 12.6 Å². The largest absolute Gasteiger partial charge is 0.381 e. The summed E-state index contributed by atoms with van der Waals surface area (Å²) in [6, 6.07) is 0. The second kappa shape index (κ2) is 5.61. The standard InChI is InChI=1S/C10H19NO2S/c1-8(14)10(12)11(2)7-9-3-5-13-6-4-9/h8-9,14H,3-7H2,1-2H3. The molecule has 1 amide bonds. The monoisotopic (exact) mass is 217 g/mol. The molecule has 0 aromatic rings. The fourth-order valence-electron chi connectivity index (χ4n) is 1.73. The molecule has 1 heterocycles. The average Bonchev–Trinajstić information content (AvgIpc) is 2.18. The molecule has 3 nitrogen and oxygen atoms in total. The van der Waals surface area contributed by atoms with Gasteiger partial charge >= 0.3 is 0 Å². The lowest BCUT2D eigenvalue weighted by Crippen LogP contribution is -2.37. The van der Waals surface area contributed by atoms with E-state index in [4.69, 9.17) is 4.74 Å². The molecule has 0 bridgehead atoms. The molecule has 82 valence electrons. The molecule has 1 unspecified atom stereocenters. The molecule has 1 rings (SSSR count). The average molecular weight is 217 g/mol. The topological polar surface area (TPSA) is 29.5 Å². The molecule has 0 radical (unpaired) electrons. The third-order valence-electron chi connectivity index (χ3n) is 2.61. The maximum Gasteiger partial charge on any atom is 0.234 e. The molecule has 1 aliphatic rings. The highest BCUT2D eigenvalue weighted by Crippen LogP contribution is 2.16. The molecule has 0 N–H and O–H groups in total. The van der Waals surface area contributed by atoms with Crippen LogP contribution in [-0.4, -0.2) is 42.9 Å². The number of carbonyl (C=O) groups excluding carboxylic acids is 1. The Morgan fingerprint density at radius 1 is 1.57 bits per heavy atom. The Morgan fingerprint density at radius 2 is 2.14 bits per heavy atom. The fourth-order valence-corrected chi connectivity index (χ4v) is 1.92. The number of nitrogens with zero attached hydrogens (tertiary/aromatic N) is 1. The van der Waals surface area contributed by atoms with E-state index in [0.29, 0.717) is 5.92 Å². The Morgan fingerprint density at radius 3 is 2.64 bits per heavy atom. The SMILES string of the molecule is CC(S)C(=O)N(C)CC1CCOCC1. The lowest BCUT2D eigenvalue weighted by Gasteiger charge is -2.27. The van der Waals surface area contributed by atoms with Gasteiger partial charge in [0.25, 0.3) is 0 Å². The van der Waals surface area contributed by atoms with E-state index in [1.807, 2.05) is 14.0 Å². The van der Waals surface area contributed by atoms with Gasteiger partial charge in [0.15, 0.2) is 0 Å². The van der Waals surface area contributed by atoms with Gasteiger partial charge in [-0.05, 0) is 25.7 Å². The normalized spacial score (nSPS) is 20.5. The highest BCUT2D eigenvalue weighted by Gasteiger charge is 2.20. The first-order chi connectivity index (χ1) is 6.61. The summed E-state index contributed by atoms with van der Waals surface area (Å²) < 4.78 is 5.27. The van der Waals surface area contributed by atoms with Crippen LogP contribution < -0.4 is 0 Å². The van der Waals surface area contributed by atoms with Gasteiger partial charge < -0.3 is 9.64 Å². The van der Waals surface area contributed by atoms with Crippen LogP contribution in [0.15, 0.2) is 0 Å². The molecular weight excluding hydrogens is 198 g/mol. The molecule has 1 saturated heterocycles. The van der Waals surface area contributed by atoms with Crippen LogP contribution in [0.25, 0.3) is 0 Å². The van der Waals surface area contributed by atoms with E-state index in [1.165, 1.54) is 0 Å². The van der Waals surface area contributed by atoms with Crippen molar-refractivity contribution < 1.29 is 9.53 Å². The van der Waals surface area contributed by atoms with Crippen LogP contribution in [0.1, 0.15) is 19.8 Å². The summed E-state index contributed by atoms with van der Waals surface area (Å²) in [6.45, 7) is 4.32. The number of rotatable bonds is 3. The van der Waals surface area contributed by atoms with Crippen molar-refractivity contribution in [1.82, 2.24) is 4.90 Å². The Kier molecular flexibility index (Phi) is 4.75. The van der Waals surface area contributed by atoms with E-state index in [1.54, 1.807) is 4.90 Å². The van der Waals surface area contributed by atoms with E-state index < -0.39 is 0 Å². The van der Waals surface area contributed by atoms with Crippen molar-refractivity contribution in [1.29, 1.82) is 0 Å². The zero-order chi connectivity index (χ0) is 10.6. The highest BCUT2D eigenvalue weighted by molar-refractivity contribution is 7.81. The van der Waals surface area contributed by atoms with Gasteiger partial charge in [0.05, 0.1) is 5.25 Å². The van der Waals surface area contributed by atoms with E-state index in [9.17, 15) is 4.79 Å². The van der Waals surface area contributed by atoms with E-state index >= 15 is 0 Å². The van der Waals surface area contributed by atoms with Crippen LogP contribution in [0, 0.1) is 5.92 Å². The second-order valence-corrected chi connectivity index (χ2v) is 4.73. The van der Waals surface area contributed by atoms with E-state index in [0.717, 1.165) is 32.6 Å². The first-order valence-electron chi connectivity index (χ1n) is 5.12. The predicted molar refractivity (Wildman–Crippen MR) is 59.6 cm³/mol. The Labute approximate surface area is 91.2 Å². The maximum atomic E-state index is 11.5. The predicted octanol–water partition coefficient (Wildman–Crippen LogP) is 1.19. The van der Waals surface area contributed by atoms with Crippen LogP contribution in [0.3, 0.4) is 0 Å². The van der Waals surface area contributed by atoms with Crippen molar-refractivity contribution in [3.63, 3.8) is 0 Å². The summed E-state index contributed by atoms with van der Waals surface area (Å²) in [7, 11) is 1.85. The molecule has 0 aromatic heterocycles. The number of hydrogen-bond donors (Lipinski definition) is 1. The Balaban J connectivity index is 2.31. The first-order valence-corrected chi connectivity index (χ1v) is 5.63. The van der Waals surface area contributed by atoms with Gasteiger partial charge in [-0.3, -0.25) is 4.79 Å². The molecule has 1 fully saturated rings. The zero-order valence-corrected chi connectivity index (χ0v) is 9.80. The molecular formula is C10H19NO2S. The van der Waals surface area contributed by atoms with Gasteiger partial charge in [0.1, 0.15) is 0 Å². The molecule has 0 saturated carbocycles. The Hall–Kier alpha value is -0.220. The first kappa shape index (κ1) is 11.9. The summed E-state index contributed by atoms with van der Waals surface area (Å²) in [6.07, 6.45) is 2.14. The molecule has 0 spiro atoms. The van der Waals surface area contributed by atoms with Crippen LogP contribution in [0.4, 0.5) is 0 Å². The van der Waals surface area contributed by atoms with Crippen LogP contribution in [-0.2, 0) is 9.53 Å². The summed E-state index contributed by atoms with van der Waals surface area (Å²) in [5.41, 5.74) is 0. The van der Waals surface area contributed by atoms with Crippen molar-refractivity contribution in [2.45, 2.75) is 25.0 Å². The van der Waals surface area contributed by atoms with Crippen LogP contribution in [0.5, 0.6) is 0 Å². The van der Waals surface area contributed by atoms with Gasteiger partial charge in [0.2, 0.25) is 5.91 Å². The van der Waals surface area contributed by atoms with Gasteiger partial charge in [-0.1, -0.05) is 0 Å². The molecule has 0 aliphatic carbocycles. The summed E-state index contributed by atoms with van der Waals surface area (Å²) in [5.74, 6) is 0.713. The van der Waals surface area contributed by atoms with Crippen LogP contribution in [0.2, 0.25) is 0 Å². The number of ether oxygens (including phenoxy) is 1. The number of thiol groups is 1. The van der Waals surface area contributed by atoms with Gasteiger partial charge in [-0.2, -0.15) is 12.6 Å². The van der Waals surface area contributed by atoms with Crippen molar-refractivity contribution in [2.24, 2.45) is 5.92 Å². The maximum absolute atomic E-state index is 11.5. The smallest absolute Gasteiger partial charge is 0.234 e. The number of amides is 1. The molecule has 14 heavy (non-hydrogen) atoms. The van der Waals surface area contributed by atoms with Gasteiger partial charge in [0, 0.05) is 26.8 Å². The minimum absolute atomic E-state index is 0.111. The third kappa shape index (κ3) is 3.50. The number of carbonyl (C=O) groups is 1. The van der Waals surface area contributed by atoms with Gasteiger partial charge in [-0.25, -0.2) is 0 Å². The zero-order valence-electron chi connectivity index (χ0n) is 8.90. The fraction of sp³-hybridized carbons (Fsp3) is 0.900. The van der Waals surface area contributed by atoms with Crippen molar-refractivity contribution in [2.75, 3.05) is 26.8 Å². The highest BCUT2D eigenvalue weighted by atomic mass is 32.1. The number of hydrogen-bond acceptors (Lipinski definition) is 3. The minimum atomic E-state index is -0.195. The quantitative estimate of drug-likeness (QED) is 0.720. The van der Waals surface area contributed by atoms with E-state index in [2.05, 4.69) is 12.6 Å². The Bertz CT molecular complexity index is 191. The summed E-state index contributed by atoms with van der Waals surface area (Å²) in [5, 5.41) is -0.195. The summed E-state index contributed by atoms with van der Waals surface area (Å²) in [4.78, 5) is 13.3. The summed E-state index contributed by atoms with van der Waals surface area (Å²) >= 11 is 4.13.